The summed E-state index contributed by atoms with van der Waals surface area (Å²) in [6.45, 7) is 1.27. The van der Waals surface area contributed by atoms with Crippen LogP contribution in [-0.4, -0.2) is 27.5 Å². The molecule has 7 heteroatoms. The first-order chi connectivity index (χ1) is 11.2. The van der Waals surface area contributed by atoms with Gasteiger partial charge < -0.3 is 14.2 Å². The Morgan fingerprint density at radius 1 is 1.26 bits per heavy atom. The van der Waals surface area contributed by atoms with Gasteiger partial charge in [-0.1, -0.05) is 35.3 Å². The number of para-hydroxylation sites is 1. The maximum Gasteiger partial charge on any atom is 0.246 e. The highest BCUT2D eigenvalue weighted by Gasteiger charge is 2.19. The first-order valence-corrected chi connectivity index (χ1v) is 8.07. The van der Waals surface area contributed by atoms with Crippen molar-refractivity contribution in [3.63, 3.8) is 0 Å². The van der Waals surface area contributed by atoms with Crippen LogP contribution >= 0.6 is 11.6 Å². The monoisotopic (exact) mass is 335 g/mol. The third-order valence-corrected chi connectivity index (χ3v) is 4.01. The van der Waals surface area contributed by atoms with E-state index < -0.39 is 0 Å². The average molecular weight is 336 g/mol. The number of hydrogen-bond acceptors (Lipinski definition) is 5. The molecule has 1 aromatic heterocycles. The van der Waals surface area contributed by atoms with Crippen molar-refractivity contribution in [1.29, 1.82) is 0 Å². The van der Waals surface area contributed by atoms with E-state index >= 15 is 0 Å². The topological polar surface area (TPSA) is 68.5 Å². The molecule has 6 nitrogen and oxygen atoms in total. The molecule has 0 N–H and O–H groups in total. The zero-order chi connectivity index (χ0) is 16.1. The van der Waals surface area contributed by atoms with Crippen LogP contribution in [0.15, 0.2) is 28.8 Å². The third-order valence-electron chi connectivity index (χ3n) is 3.70. The molecule has 1 aromatic carbocycles. The first kappa shape index (κ1) is 15.8. The quantitative estimate of drug-likeness (QED) is 0.839. The van der Waals surface area contributed by atoms with Gasteiger partial charge in [-0.15, -0.1) is 0 Å². The molecule has 1 aliphatic heterocycles. The van der Waals surface area contributed by atoms with Crippen molar-refractivity contribution in [3.05, 3.63) is 41.0 Å². The molecule has 0 saturated carbocycles. The number of amides is 1. The third kappa shape index (κ3) is 4.22. The molecule has 1 fully saturated rings. The second kappa shape index (κ2) is 7.46. The minimum absolute atomic E-state index is 0.148. The van der Waals surface area contributed by atoms with Crippen LogP contribution in [0, 0.1) is 0 Å². The summed E-state index contributed by atoms with van der Waals surface area (Å²) in [5.74, 6) is 1.58. The van der Waals surface area contributed by atoms with Crippen molar-refractivity contribution < 1.29 is 14.1 Å². The Kier molecular flexibility index (Phi) is 5.12. The van der Waals surface area contributed by atoms with Crippen LogP contribution < -0.4 is 4.74 Å². The molecule has 1 saturated heterocycles. The van der Waals surface area contributed by atoms with Crippen LogP contribution in [0.5, 0.6) is 5.75 Å². The normalized spacial score (nSPS) is 15.5. The van der Waals surface area contributed by atoms with E-state index in [0.717, 1.165) is 25.8 Å². The van der Waals surface area contributed by atoms with E-state index in [1.165, 1.54) is 0 Å². The summed E-state index contributed by atoms with van der Waals surface area (Å²) in [4.78, 5) is 18.0. The summed E-state index contributed by atoms with van der Waals surface area (Å²) in [5.41, 5.74) is 0. The standard InChI is InChI=1S/C16H18ClN3O3/c17-12-6-3-4-7-13(12)22-11-14-18-15(23-19-14)10-20-9-5-1-2-8-16(20)21/h3-4,6-7H,1-2,5,8-11H2. The Hall–Kier alpha value is -2.08. The molecule has 2 heterocycles. The number of carbonyl (C=O) groups excluding carboxylic acids is 1. The lowest BCUT2D eigenvalue weighted by molar-refractivity contribution is -0.131. The van der Waals surface area contributed by atoms with E-state index in [1.54, 1.807) is 17.0 Å². The van der Waals surface area contributed by atoms with E-state index in [4.69, 9.17) is 20.9 Å². The fourth-order valence-electron chi connectivity index (χ4n) is 2.49. The largest absolute Gasteiger partial charge is 0.484 e. The number of benzene rings is 1. The molecule has 1 amide bonds. The predicted molar refractivity (Wildman–Crippen MR) is 84.0 cm³/mol. The van der Waals surface area contributed by atoms with Crippen molar-refractivity contribution in [1.82, 2.24) is 15.0 Å². The zero-order valence-corrected chi connectivity index (χ0v) is 13.5. The average Bonchev–Trinajstić information content (AvgIpc) is 2.90. The highest BCUT2D eigenvalue weighted by Crippen LogP contribution is 2.23. The molecule has 0 bridgehead atoms. The van der Waals surface area contributed by atoms with Gasteiger partial charge in [0, 0.05) is 13.0 Å². The van der Waals surface area contributed by atoms with Crippen LogP contribution in [0.4, 0.5) is 0 Å². The van der Waals surface area contributed by atoms with Gasteiger partial charge in [0.15, 0.2) is 6.61 Å². The Morgan fingerprint density at radius 3 is 3.00 bits per heavy atom. The van der Waals surface area contributed by atoms with Crippen LogP contribution in [0.2, 0.25) is 5.02 Å². The van der Waals surface area contributed by atoms with E-state index in [2.05, 4.69) is 10.1 Å². The second-order valence-electron chi connectivity index (χ2n) is 5.45. The molecular weight excluding hydrogens is 318 g/mol. The van der Waals surface area contributed by atoms with E-state index in [0.29, 0.717) is 35.5 Å². The lowest BCUT2D eigenvalue weighted by Crippen LogP contribution is -2.29. The van der Waals surface area contributed by atoms with Crippen molar-refractivity contribution in [2.75, 3.05) is 6.54 Å². The molecule has 3 rings (SSSR count). The van der Waals surface area contributed by atoms with Crippen LogP contribution in [0.25, 0.3) is 0 Å². The number of halogens is 1. The molecule has 1 aliphatic rings. The number of carbonyl (C=O) groups is 1. The maximum absolute atomic E-state index is 12.0. The lowest BCUT2D eigenvalue weighted by atomic mass is 10.2. The first-order valence-electron chi connectivity index (χ1n) is 7.69. The Labute approximate surface area is 139 Å². The second-order valence-corrected chi connectivity index (χ2v) is 5.86. The number of likely N-dealkylation sites (tertiary alicyclic amines) is 1. The van der Waals surface area contributed by atoms with Gasteiger partial charge in [-0.2, -0.15) is 4.98 Å². The summed E-state index contributed by atoms with van der Waals surface area (Å²) in [6, 6.07) is 7.20. The van der Waals surface area contributed by atoms with Crippen LogP contribution in [0.1, 0.15) is 37.4 Å². The van der Waals surface area contributed by atoms with Crippen molar-refractivity contribution in [2.24, 2.45) is 0 Å². The highest BCUT2D eigenvalue weighted by atomic mass is 35.5. The Bertz CT molecular complexity index is 674. The van der Waals surface area contributed by atoms with Gasteiger partial charge in [-0.25, -0.2) is 0 Å². The fourth-order valence-corrected chi connectivity index (χ4v) is 2.68. The van der Waals surface area contributed by atoms with E-state index in [9.17, 15) is 4.79 Å². The van der Waals surface area contributed by atoms with Crippen molar-refractivity contribution in [3.8, 4) is 5.75 Å². The number of rotatable bonds is 5. The minimum atomic E-state index is 0.148. The number of hydrogen-bond donors (Lipinski definition) is 0. The summed E-state index contributed by atoms with van der Waals surface area (Å²) in [6.07, 6.45) is 3.65. The van der Waals surface area contributed by atoms with E-state index in [-0.39, 0.29) is 12.5 Å². The smallest absolute Gasteiger partial charge is 0.246 e. The number of nitrogens with zero attached hydrogens (tertiary/aromatic N) is 3. The maximum atomic E-state index is 12.0. The van der Waals surface area contributed by atoms with Gasteiger partial charge in [0.05, 0.1) is 11.6 Å². The SMILES string of the molecule is O=C1CCCCCN1Cc1nc(COc2ccccc2Cl)no1. The van der Waals surface area contributed by atoms with Gasteiger partial charge in [0.1, 0.15) is 5.75 Å². The van der Waals surface area contributed by atoms with Crippen molar-refractivity contribution in [2.45, 2.75) is 38.8 Å². The molecule has 23 heavy (non-hydrogen) atoms. The van der Waals surface area contributed by atoms with Gasteiger partial charge in [0.2, 0.25) is 17.6 Å². The summed E-state index contributed by atoms with van der Waals surface area (Å²) in [7, 11) is 0. The molecule has 0 unspecified atom stereocenters. The molecule has 122 valence electrons. The number of aromatic nitrogens is 2. The number of ether oxygens (including phenoxy) is 1. The summed E-state index contributed by atoms with van der Waals surface area (Å²) in [5, 5.41) is 4.42. The van der Waals surface area contributed by atoms with Crippen LogP contribution in [-0.2, 0) is 17.9 Å². The predicted octanol–water partition coefficient (Wildman–Crippen LogP) is 3.20. The van der Waals surface area contributed by atoms with Gasteiger partial charge in [-0.3, -0.25) is 4.79 Å². The van der Waals surface area contributed by atoms with Crippen molar-refractivity contribution >= 4 is 17.5 Å². The molecule has 0 aliphatic carbocycles. The molecule has 0 spiro atoms. The van der Waals surface area contributed by atoms with Crippen LogP contribution in [0.3, 0.4) is 0 Å². The highest BCUT2D eigenvalue weighted by molar-refractivity contribution is 6.32. The summed E-state index contributed by atoms with van der Waals surface area (Å²) >= 11 is 6.02. The van der Waals surface area contributed by atoms with Gasteiger partial charge in [0.25, 0.3) is 0 Å². The lowest BCUT2D eigenvalue weighted by Gasteiger charge is -2.17. The summed E-state index contributed by atoms with van der Waals surface area (Å²) < 4.78 is 10.8. The zero-order valence-electron chi connectivity index (χ0n) is 12.7. The van der Waals surface area contributed by atoms with E-state index in [1.807, 2.05) is 12.1 Å². The molecule has 0 atom stereocenters. The van der Waals surface area contributed by atoms with Gasteiger partial charge in [-0.05, 0) is 25.0 Å². The fraction of sp³-hybridized carbons (Fsp3) is 0.438. The van der Waals surface area contributed by atoms with Gasteiger partial charge >= 0.3 is 0 Å². The molecule has 2 aromatic rings. The molecular formula is C16H18ClN3O3. The minimum Gasteiger partial charge on any atom is -0.484 e. The molecule has 0 radical (unpaired) electrons. The Balaban J connectivity index is 1.57. The Morgan fingerprint density at radius 2 is 2.13 bits per heavy atom.